The Hall–Kier alpha value is -1.66. The SMILES string of the molecule is NC[C@H]1CC[C@@H](C(=O)NCCOc2ccccc2F)O1. The predicted octanol–water partition coefficient (Wildman–Crippen LogP) is 0.827. The van der Waals surface area contributed by atoms with Crippen LogP contribution in [0.15, 0.2) is 24.3 Å². The highest BCUT2D eigenvalue weighted by Gasteiger charge is 2.29. The van der Waals surface area contributed by atoms with Gasteiger partial charge in [-0.1, -0.05) is 12.1 Å². The molecule has 0 aromatic heterocycles. The minimum absolute atomic E-state index is 0.0274. The number of benzene rings is 1. The second-order valence-electron chi connectivity index (χ2n) is 4.63. The summed E-state index contributed by atoms with van der Waals surface area (Å²) in [5, 5.41) is 2.71. The second-order valence-corrected chi connectivity index (χ2v) is 4.63. The van der Waals surface area contributed by atoms with Crippen molar-refractivity contribution in [3.05, 3.63) is 30.1 Å². The van der Waals surface area contributed by atoms with Crippen molar-refractivity contribution in [2.45, 2.75) is 25.0 Å². The lowest BCUT2D eigenvalue weighted by atomic mass is 10.2. The van der Waals surface area contributed by atoms with E-state index < -0.39 is 11.9 Å². The van der Waals surface area contributed by atoms with Crippen molar-refractivity contribution in [1.82, 2.24) is 5.32 Å². The first-order valence-electron chi connectivity index (χ1n) is 6.71. The highest BCUT2D eigenvalue weighted by molar-refractivity contribution is 5.81. The van der Waals surface area contributed by atoms with E-state index in [9.17, 15) is 9.18 Å². The van der Waals surface area contributed by atoms with E-state index in [0.29, 0.717) is 19.5 Å². The smallest absolute Gasteiger partial charge is 0.249 e. The van der Waals surface area contributed by atoms with Gasteiger partial charge < -0.3 is 20.5 Å². The maximum atomic E-state index is 13.3. The molecule has 1 aliphatic heterocycles. The minimum Gasteiger partial charge on any atom is -0.489 e. The van der Waals surface area contributed by atoms with Crippen molar-refractivity contribution in [3.63, 3.8) is 0 Å². The normalized spacial score (nSPS) is 21.7. The van der Waals surface area contributed by atoms with E-state index in [0.717, 1.165) is 6.42 Å². The van der Waals surface area contributed by atoms with Crippen LogP contribution in [0.4, 0.5) is 4.39 Å². The third-order valence-corrected chi connectivity index (χ3v) is 3.16. The summed E-state index contributed by atoms with van der Waals surface area (Å²) in [6, 6.07) is 6.15. The van der Waals surface area contributed by atoms with Crippen LogP contribution in [0, 0.1) is 5.82 Å². The Labute approximate surface area is 117 Å². The first-order chi connectivity index (χ1) is 9.70. The van der Waals surface area contributed by atoms with Crippen LogP contribution < -0.4 is 15.8 Å². The van der Waals surface area contributed by atoms with Crippen molar-refractivity contribution in [2.24, 2.45) is 5.73 Å². The minimum atomic E-state index is -0.433. The molecule has 1 fully saturated rings. The third-order valence-electron chi connectivity index (χ3n) is 3.16. The molecule has 0 unspecified atom stereocenters. The number of hydrogen-bond acceptors (Lipinski definition) is 4. The molecule has 1 aliphatic rings. The molecule has 0 radical (unpaired) electrons. The summed E-state index contributed by atoms with van der Waals surface area (Å²) in [5.74, 6) is -0.399. The topological polar surface area (TPSA) is 73.6 Å². The molecule has 0 bridgehead atoms. The molecule has 1 aromatic carbocycles. The monoisotopic (exact) mass is 282 g/mol. The zero-order valence-corrected chi connectivity index (χ0v) is 11.2. The standard InChI is InChI=1S/C14H19FN2O3/c15-11-3-1-2-4-12(11)19-8-7-17-14(18)13-6-5-10(9-16)20-13/h1-4,10,13H,5-9,16H2,(H,17,18)/t10-,13+/m1/s1. The molecule has 2 atom stereocenters. The summed E-state index contributed by atoms with van der Waals surface area (Å²) in [7, 11) is 0. The van der Waals surface area contributed by atoms with Gasteiger partial charge in [0.15, 0.2) is 11.6 Å². The maximum absolute atomic E-state index is 13.3. The van der Waals surface area contributed by atoms with Crippen molar-refractivity contribution < 1.29 is 18.7 Å². The lowest BCUT2D eigenvalue weighted by Crippen LogP contribution is -2.37. The predicted molar refractivity (Wildman–Crippen MR) is 71.9 cm³/mol. The Morgan fingerprint density at radius 1 is 1.45 bits per heavy atom. The number of ether oxygens (including phenoxy) is 2. The van der Waals surface area contributed by atoms with Gasteiger partial charge in [-0.2, -0.15) is 0 Å². The lowest BCUT2D eigenvalue weighted by Gasteiger charge is -2.13. The quantitative estimate of drug-likeness (QED) is 0.758. The molecule has 1 aromatic rings. The molecule has 20 heavy (non-hydrogen) atoms. The van der Waals surface area contributed by atoms with Gasteiger partial charge in [0.2, 0.25) is 5.91 Å². The molecule has 110 valence electrons. The number of nitrogens with two attached hydrogens (primary N) is 1. The van der Waals surface area contributed by atoms with Crippen LogP contribution in [0.3, 0.4) is 0 Å². The van der Waals surface area contributed by atoms with E-state index in [-0.39, 0.29) is 24.4 Å². The first-order valence-corrected chi connectivity index (χ1v) is 6.71. The van der Waals surface area contributed by atoms with Gasteiger partial charge in [-0.05, 0) is 25.0 Å². The highest BCUT2D eigenvalue weighted by Crippen LogP contribution is 2.18. The number of rotatable bonds is 6. The van der Waals surface area contributed by atoms with Gasteiger partial charge in [0.1, 0.15) is 12.7 Å². The molecular weight excluding hydrogens is 263 g/mol. The number of carbonyl (C=O) groups excluding carboxylic acids is 1. The summed E-state index contributed by atoms with van der Waals surface area (Å²) in [5.41, 5.74) is 5.48. The molecule has 0 spiro atoms. The summed E-state index contributed by atoms with van der Waals surface area (Å²) in [6.45, 7) is 0.945. The Kier molecular flexibility index (Phi) is 5.31. The van der Waals surface area contributed by atoms with Crippen LogP contribution in [0.5, 0.6) is 5.75 Å². The van der Waals surface area contributed by atoms with Gasteiger partial charge in [-0.3, -0.25) is 4.79 Å². The highest BCUT2D eigenvalue weighted by atomic mass is 19.1. The summed E-state index contributed by atoms with van der Waals surface area (Å²) >= 11 is 0. The van der Waals surface area contributed by atoms with Crippen LogP contribution >= 0.6 is 0 Å². The van der Waals surface area contributed by atoms with Crippen LogP contribution in [0.1, 0.15) is 12.8 Å². The fourth-order valence-electron chi connectivity index (χ4n) is 2.08. The second kappa shape index (κ2) is 7.21. The average molecular weight is 282 g/mol. The fourth-order valence-corrected chi connectivity index (χ4v) is 2.08. The summed E-state index contributed by atoms with van der Waals surface area (Å²) in [6.07, 6.45) is 1.03. The maximum Gasteiger partial charge on any atom is 0.249 e. The first kappa shape index (κ1) is 14.7. The largest absolute Gasteiger partial charge is 0.489 e. The van der Waals surface area contributed by atoms with Crippen molar-refractivity contribution in [3.8, 4) is 5.75 Å². The van der Waals surface area contributed by atoms with Gasteiger partial charge >= 0.3 is 0 Å². The fraction of sp³-hybridized carbons (Fsp3) is 0.500. The van der Waals surface area contributed by atoms with Gasteiger partial charge in [0, 0.05) is 6.54 Å². The molecular formula is C14H19FN2O3. The zero-order valence-electron chi connectivity index (χ0n) is 11.2. The molecule has 5 nitrogen and oxygen atoms in total. The van der Waals surface area contributed by atoms with Crippen molar-refractivity contribution in [2.75, 3.05) is 19.7 Å². The van der Waals surface area contributed by atoms with E-state index in [1.807, 2.05) is 0 Å². The number of para-hydroxylation sites is 1. The van der Waals surface area contributed by atoms with Gasteiger partial charge in [0.05, 0.1) is 12.6 Å². The van der Waals surface area contributed by atoms with E-state index in [1.165, 1.54) is 6.07 Å². The van der Waals surface area contributed by atoms with Crippen LogP contribution in [-0.2, 0) is 9.53 Å². The Morgan fingerprint density at radius 2 is 2.25 bits per heavy atom. The van der Waals surface area contributed by atoms with Gasteiger partial charge in [-0.25, -0.2) is 4.39 Å². The Balaban J connectivity index is 1.66. The van der Waals surface area contributed by atoms with E-state index >= 15 is 0 Å². The zero-order chi connectivity index (χ0) is 14.4. The van der Waals surface area contributed by atoms with Crippen LogP contribution in [0.25, 0.3) is 0 Å². The number of nitrogens with one attached hydrogen (secondary N) is 1. The average Bonchev–Trinajstić information content (AvgIpc) is 2.94. The number of hydrogen-bond donors (Lipinski definition) is 2. The molecule has 3 N–H and O–H groups in total. The third kappa shape index (κ3) is 3.91. The molecule has 1 amide bonds. The molecule has 2 rings (SSSR count). The van der Waals surface area contributed by atoms with Crippen LogP contribution in [-0.4, -0.2) is 37.8 Å². The van der Waals surface area contributed by atoms with Crippen molar-refractivity contribution >= 4 is 5.91 Å². The lowest BCUT2D eigenvalue weighted by molar-refractivity contribution is -0.131. The molecule has 1 saturated heterocycles. The molecule has 1 heterocycles. The van der Waals surface area contributed by atoms with Crippen LogP contribution in [0.2, 0.25) is 0 Å². The van der Waals surface area contributed by atoms with Gasteiger partial charge in [0.25, 0.3) is 0 Å². The molecule has 6 heteroatoms. The van der Waals surface area contributed by atoms with E-state index in [4.69, 9.17) is 15.2 Å². The van der Waals surface area contributed by atoms with Crippen molar-refractivity contribution in [1.29, 1.82) is 0 Å². The summed E-state index contributed by atoms with van der Waals surface area (Å²) in [4.78, 5) is 11.8. The van der Waals surface area contributed by atoms with E-state index in [1.54, 1.807) is 18.2 Å². The molecule has 0 aliphatic carbocycles. The number of amides is 1. The Morgan fingerprint density at radius 3 is 2.95 bits per heavy atom. The number of carbonyl (C=O) groups is 1. The van der Waals surface area contributed by atoms with Gasteiger partial charge in [-0.15, -0.1) is 0 Å². The van der Waals surface area contributed by atoms with E-state index in [2.05, 4.69) is 5.32 Å². The molecule has 0 saturated carbocycles. The summed E-state index contributed by atoms with van der Waals surface area (Å²) < 4.78 is 24.0. The Bertz CT molecular complexity index is 456. The number of halogens is 1.